The number of hydrogen-bond acceptors (Lipinski definition) is 2. The minimum atomic E-state index is 0.691. The standard InChI is InChI=1S/C8H12N2O.C2H6/c1-10-5-7-3-2-4-11-6-8(7)9-10;1-2/h5H,2-4,6H2,1H3;1-2H3. The van der Waals surface area contributed by atoms with Gasteiger partial charge in [-0.3, -0.25) is 4.68 Å². The second-order valence-corrected chi connectivity index (χ2v) is 2.93. The molecule has 0 bridgehead atoms. The zero-order chi connectivity index (χ0) is 9.68. The summed E-state index contributed by atoms with van der Waals surface area (Å²) in [6.45, 7) is 5.57. The first-order valence-corrected chi connectivity index (χ1v) is 4.95. The molecule has 0 unspecified atom stereocenters. The Labute approximate surface area is 79.7 Å². The minimum Gasteiger partial charge on any atom is -0.375 e. The number of fused-ring (bicyclic) bond motifs is 1. The van der Waals surface area contributed by atoms with Crippen molar-refractivity contribution in [3.8, 4) is 0 Å². The molecule has 0 fully saturated rings. The normalized spacial score (nSPS) is 15.3. The molecular formula is C10H18N2O. The van der Waals surface area contributed by atoms with Gasteiger partial charge in [-0.25, -0.2) is 0 Å². The van der Waals surface area contributed by atoms with Gasteiger partial charge in [0.1, 0.15) is 0 Å². The number of aryl methyl sites for hydroxylation is 2. The second-order valence-electron chi connectivity index (χ2n) is 2.93. The van der Waals surface area contributed by atoms with E-state index in [2.05, 4.69) is 11.3 Å². The molecule has 2 rings (SSSR count). The van der Waals surface area contributed by atoms with Crippen molar-refractivity contribution in [1.29, 1.82) is 0 Å². The van der Waals surface area contributed by atoms with E-state index >= 15 is 0 Å². The maximum atomic E-state index is 5.36. The van der Waals surface area contributed by atoms with Crippen molar-refractivity contribution in [3.63, 3.8) is 0 Å². The second kappa shape index (κ2) is 5.02. The molecule has 0 saturated heterocycles. The summed E-state index contributed by atoms with van der Waals surface area (Å²) in [4.78, 5) is 0. The number of hydrogen-bond donors (Lipinski definition) is 0. The van der Waals surface area contributed by atoms with Crippen LogP contribution in [-0.4, -0.2) is 16.4 Å². The van der Waals surface area contributed by atoms with Crippen LogP contribution in [-0.2, 0) is 24.8 Å². The Hall–Kier alpha value is -0.830. The van der Waals surface area contributed by atoms with E-state index < -0.39 is 0 Å². The largest absolute Gasteiger partial charge is 0.375 e. The molecule has 0 amide bonds. The molecule has 0 atom stereocenters. The molecule has 3 heteroatoms. The Morgan fingerprint density at radius 2 is 2.23 bits per heavy atom. The summed E-state index contributed by atoms with van der Waals surface area (Å²) in [5.41, 5.74) is 2.47. The van der Waals surface area contributed by atoms with Crippen LogP contribution in [0.3, 0.4) is 0 Å². The van der Waals surface area contributed by atoms with E-state index in [1.165, 1.54) is 5.56 Å². The summed E-state index contributed by atoms with van der Waals surface area (Å²) < 4.78 is 7.22. The number of rotatable bonds is 0. The fourth-order valence-electron chi connectivity index (χ4n) is 1.45. The molecule has 1 aromatic heterocycles. The summed E-state index contributed by atoms with van der Waals surface area (Å²) in [5, 5.41) is 4.30. The van der Waals surface area contributed by atoms with E-state index in [1.807, 2.05) is 25.6 Å². The Balaban J connectivity index is 0.000000396. The van der Waals surface area contributed by atoms with E-state index in [4.69, 9.17) is 4.74 Å². The lowest BCUT2D eigenvalue weighted by Crippen LogP contribution is -1.94. The van der Waals surface area contributed by atoms with Crippen LogP contribution in [0, 0.1) is 0 Å². The molecule has 0 aliphatic carbocycles. The van der Waals surface area contributed by atoms with Crippen LogP contribution in [0.15, 0.2) is 6.20 Å². The van der Waals surface area contributed by atoms with E-state index in [9.17, 15) is 0 Å². The van der Waals surface area contributed by atoms with Crippen LogP contribution >= 0.6 is 0 Å². The van der Waals surface area contributed by atoms with Crippen LogP contribution in [0.1, 0.15) is 31.5 Å². The highest BCUT2D eigenvalue weighted by Crippen LogP contribution is 2.13. The number of ether oxygens (including phenoxy) is 1. The van der Waals surface area contributed by atoms with E-state index in [0.29, 0.717) is 6.61 Å². The number of aromatic nitrogens is 2. The SMILES string of the molecule is CC.Cn1cc2c(n1)COCCC2. The third-order valence-corrected chi connectivity index (χ3v) is 1.97. The molecule has 13 heavy (non-hydrogen) atoms. The molecule has 0 spiro atoms. The molecular weight excluding hydrogens is 164 g/mol. The van der Waals surface area contributed by atoms with Gasteiger partial charge in [0.05, 0.1) is 12.3 Å². The highest BCUT2D eigenvalue weighted by molar-refractivity contribution is 5.17. The highest BCUT2D eigenvalue weighted by atomic mass is 16.5. The van der Waals surface area contributed by atoms with Crippen LogP contribution in [0.4, 0.5) is 0 Å². The minimum absolute atomic E-state index is 0.691. The molecule has 3 nitrogen and oxygen atoms in total. The average Bonchev–Trinajstić information content (AvgIpc) is 2.36. The first-order valence-electron chi connectivity index (χ1n) is 4.95. The molecule has 0 radical (unpaired) electrons. The molecule has 1 aromatic rings. The van der Waals surface area contributed by atoms with Crippen molar-refractivity contribution < 1.29 is 4.74 Å². The van der Waals surface area contributed by atoms with E-state index in [0.717, 1.165) is 25.1 Å². The van der Waals surface area contributed by atoms with Crippen molar-refractivity contribution >= 4 is 0 Å². The van der Waals surface area contributed by atoms with Crippen molar-refractivity contribution in [3.05, 3.63) is 17.5 Å². The lowest BCUT2D eigenvalue weighted by molar-refractivity contribution is 0.122. The summed E-state index contributed by atoms with van der Waals surface area (Å²) in [6.07, 6.45) is 4.33. The van der Waals surface area contributed by atoms with Gasteiger partial charge in [-0.2, -0.15) is 5.10 Å². The van der Waals surface area contributed by atoms with Gasteiger partial charge >= 0.3 is 0 Å². The van der Waals surface area contributed by atoms with Crippen molar-refractivity contribution in [2.75, 3.05) is 6.61 Å². The fourth-order valence-corrected chi connectivity index (χ4v) is 1.45. The van der Waals surface area contributed by atoms with Gasteiger partial charge in [-0.15, -0.1) is 0 Å². The summed E-state index contributed by atoms with van der Waals surface area (Å²) in [6, 6.07) is 0. The summed E-state index contributed by atoms with van der Waals surface area (Å²) in [7, 11) is 1.95. The number of nitrogens with zero attached hydrogens (tertiary/aromatic N) is 2. The first kappa shape index (κ1) is 10.3. The van der Waals surface area contributed by atoms with Gasteiger partial charge in [0.2, 0.25) is 0 Å². The van der Waals surface area contributed by atoms with Crippen LogP contribution < -0.4 is 0 Å². The first-order chi connectivity index (χ1) is 6.36. The Morgan fingerprint density at radius 1 is 1.46 bits per heavy atom. The third kappa shape index (κ3) is 2.56. The van der Waals surface area contributed by atoms with Crippen molar-refractivity contribution in [2.24, 2.45) is 7.05 Å². The predicted octanol–water partition coefficient (Wildman–Crippen LogP) is 1.91. The lowest BCUT2D eigenvalue weighted by Gasteiger charge is -1.94. The third-order valence-electron chi connectivity index (χ3n) is 1.97. The van der Waals surface area contributed by atoms with Gasteiger partial charge < -0.3 is 4.74 Å². The smallest absolute Gasteiger partial charge is 0.0913 e. The topological polar surface area (TPSA) is 27.1 Å². The average molecular weight is 182 g/mol. The monoisotopic (exact) mass is 182 g/mol. The van der Waals surface area contributed by atoms with Gasteiger partial charge in [-0.1, -0.05) is 13.8 Å². The van der Waals surface area contributed by atoms with Crippen LogP contribution in [0.2, 0.25) is 0 Å². The quantitative estimate of drug-likeness (QED) is 0.613. The van der Waals surface area contributed by atoms with Gasteiger partial charge in [0, 0.05) is 19.9 Å². The Kier molecular flexibility index (Phi) is 3.96. The highest BCUT2D eigenvalue weighted by Gasteiger charge is 2.10. The van der Waals surface area contributed by atoms with Gasteiger partial charge in [-0.05, 0) is 18.4 Å². The van der Waals surface area contributed by atoms with Crippen LogP contribution in [0.25, 0.3) is 0 Å². The maximum absolute atomic E-state index is 5.36. The van der Waals surface area contributed by atoms with E-state index in [-0.39, 0.29) is 0 Å². The van der Waals surface area contributed by atoms with Crippen molar-refractivity contribution in [2.45, 2.75) is 33.3 Å². The summed E-state index contributed by atoms with van der Waals surface area (Å²) >= 11 is 0. The predicted molar refractivity (Wildman–Crippen MR) is 52.5 cm³/mol. The maximum Gasteiger partial charge on any atom is 0.0913 e. The molecule has 1 aliphatic heterocycles. The van der Waals surface area contributed by atoms with Crippen molar-refractivity contribution in [1.82, 2.24) is 9.78 Å². The Morgan fingerprint density at radius 3 is 3.00 bits per heavy atom. The lowest BCUT2D eigenvalue weighted by atomic mass is 10.2. The molecule has 0 aromatic carbocycles. The van der Waals surface area contributed by atoms with E-state index in [1.54, 1.807) is 0 Å². The molecule has 0 saturated carbocycles. The van der Waals surface area contributed by atoms with Crippen LogP contribution in [0.5, 0.6) is 0 Å². The zero-order valence-corrected chi connectivity index (χ0v) is 8.71. The molecule has 1 aliphatic rings. The fraction of sp³-hybridized carbons (Fsp3) is 0.700. The molecule has 74 valence electrons. The molecule has 2 heterocycles. The van der Waals surface area contributed by atoms with Gasteiger partial charge in [0.25, 0.3) is 0 Å². The zero-order valence-electron chi connectivity index (χ0n) is 8.71. The molecule has 0 N–H and O–H groups in total. The van der Waals surface area contributed by atoms with Gasteiger partial charge in [0.15, 0.2) is 0 Å². The Bertz CT molecular complexity index is 232. The summed E-state index contributed by atoms with van der Waals surface area (Å²) in [5.74, 6) is 0.